The van der Waals surface area contributed by atoms with E-state index in [2.05, 4.69) is 27.0 Å². The summed E-state index contributed by atoms with van der Waals surface area (Å²) < 4.78 is 0. The molecule has 0 saturated heterocycles. The van der Waals surface area contributed by atoms with Gasteiger partial charge in [-0.2, -0.15) is 0 Å². The van der Waals surface area contributed by atoms with Gasteiger partial charge in [-0.15, -0.1) is 5.69 Å². The van der Waals surface area contributed by atoms with Crippen molar-refractivity contribution in [2.24, 2.45) is 5.92 Å². The van der Waals surface area contributed by atoms with Crippen LogP contribution in [0.4, 0.5) is 5.69 Å². The van der Waals surface area contributed by atoms with Gasteiger partial charge < -0.3 is 18.1 Å². The summed E-state index contributed by atoms with van der Waals surface area (Å²) in [5.74, 6) is 0.615. The zero-order valence-electron chi connectivity index (χ0n) is 16.7. The van der Waals surface area contributed by atoms with E-state index >= 15 is 0 Å². The number of rotatable bonds is 7. The number of nitrogens with one attached hydrogen (secondary N) is 1. The monoisotopic (exact) mass is 381 g/mol. The molecule has 0 spiro atoms. The predicted molar refractivity (Wildman–Crippen MR) is 107 cm³/mol. The number of benzene rings is 1. The number of nitrogens with zero attached hydrogens (tertiary/aromatic N) is 1. The Balaban J connectivity index is -0.000000360. The summed E-state index contributed by atoms with van der Waals surface area (Å²) in [6.07, 6.45) is 4.96. The minimum absolute atomic E-state index is 0. The van der Waals surface area contributed by atoms with Gasteiger partial charge in [0.1, 0.15) is 0 Å². The molecule has 3 nitrogen and oxygen atoms in total. The van der Waals surface area contributed by atoms with Gasteiger partial charge in [-0.3, -0.25) is 4.79 Å². The van der Waals surface area contributed by atoms with Gasteiger partial charge in [0.25, 0.3) is 0 Å². The molecule has 25 heavy (non-hydrogen) atoms. The summed E-state index contributed by atoms with van der Waals surface area (Å²) in [5.41, 5.74) is 10.7. The van der Waals surface area contributed by atoms with E-state index in [9.17, 15) is 4.79 Å². The van der Waals surface area contributed by atoms with E-state index in [1.54, 1.807) is 24.4 Å². The van der Waals surface area contributed by atoms with Crippen LogP contribution in [0.5, 0.6) is 0 Å². The van der Waals surface area contributed by atoms with E-state index in [0.29, 0.717) is 17.2 Å². The summed E-state index contributed by atoms with van der Waals surface area (Å²) in [7, 11) is 1.99. The Morgan fingerprint density at radius 3 is 2.28 bits per heavy atom. The third-order valence-corrected chi connectivity index (χ3v) is 3.93. The van der Waals surface area contributed by atoms with Crippen molar-refractivity contribution in [3.63, 3.8) is 0 Å². The van der Waals surface area contributed by atoms with Gasteiger partial charge in [0.15, 0.2) is 5.78 Å². The van der Waals surface area contributed by atoms with Crippen LogP contribution in [0, 0.1) is 13.3 Å². The molecular formula is C21H34N2OV. The van der Waals surface area contributed by atoms with Crippen LogP contribution < -0.4 is 0 Å². The third-order valence-electron chi connectivity index (χ3n) is 3.93. The standard InChI is InChI=1S/C10H12NO.C10H19N.CH3.V/c1-3-8-9(7(2)12)5-4-6-10(8)11;1-6-8-9(3)10(4)11(5)7-2;;/h4-6,11H,3H2,1-2H3;7,9H,2,4,6,8H2,1,3,5H3;1H3;/q-1;;-1;+2. The summed E-state index contributed by atoms with van der Waals surface area (Å²) in [6, 6.07) is 5.24. The molecule has 1 unspecified atom stereocenters. The topological polar surface area (TPSA) is 44.1 Å². The van der Waals surface area contributed by atoms with Gasteiger partial charge in [0, 0.05) is 18.3 Å². The number of allylic oxidation sites excluding steroid dienone is 1. The van der Waals surface area contributed by atoms with Crippen molar-refractivity contribution in [1.82, 2.24) is 4.90 Å². The number of carbonyl (C=O) groups excluding carboxylic acids is 1. The molecule has 0 saturated carbocycles. The Morgan fingerprint density at radius 2 is 1.92 bits per heavy atom. The number of hydrogen-bond acceptors (Lipinski definition) is 2. The van der Waals surface area contributed by atoms with Crippen LogP contribution in [0.15, 0.2) is 43.3 Å². The number of Topliss-reactive ketones (excluding diaryl/α,β-unsaturated/α-hetero) is 1. The minimum atomic E-state index is 0. The molecule has 0 aliphatic carbocycles. The normalized spacial score (nSPS) is 10.1. The molecule has 0 bridgehead atoms. The average Bonchev–Trinajstić information content (AvgIpc) is 2.53. The second-order valence-electron chi connectivity index (χ2n) is 5.72. The maximum atomic E-state index is 11.1. The third kappa shape index (κ3) is 9.57. The first-order chi connectivity index (χ1) is 10.8. The van der Waals surface area contributed by atoms with Crippen LogP contribution in [0.3, 0.4) is 0 Å². The molecular weight excluding hydrogens is 347 g/mol. The van der Waals surface area contributed by atoms with E-state index in [0.717, 1.165) is 17.7 Å². The van der Waals surface area contributed by atoms with E-state index in [-0.39, 0.29) is 31.8 Å². The van der Waals surface area contributed by atoms with Gasteiger partial charge in [-0.25, -0.2) is 0 Å². The van der Waals surface area contributed by atoms with Gasteiger partial charge in [0.05, 0.1) is 0 Å². The number of hydrogen-bond donors (Lipinski definition) is 0. The molecule has 1 rings (SSSR count). The molecule has 1 N–H and O–H groups in total. The first-order valence-corrected chi connectivity index (χ1v) is 8.18. The number of ketones is 1. The average molecular weight is 381 g/mol. The molecule has 0 fully saturated rings. The van der Waals surface area contributed by atoms with E-state index in [1.165, 1.54) is 19.8 Å². The van der Waals surface area contributed by atoms with Crippen LogP contribution in [0.25, 0.3) is 5.73 Å². The SMILES string of the molecule is C=CN(C)C(=C)C(C)CCC.CCc1c([NH-])cccc1C(C)=O.[CH3-].[V+2]. The molecule has 0 aliphatic heterocycles. The van der Waals surface area contributed by atoms with Crippen LogP contribution >= 0.6 is 0 Å². The van der Waals surface area contributed by atoms with Crippen LogP contribution in [0.1, 0.15) is 56.5 Å². The van der Waals surface area contributed by atoms with Crippen molar-refractivity contribution >= 4 is 11.5 Å². The van der Waals surface area contributed by atoms with Crippen molar-refractivity contribution in [3.8, 4) is 0 Å². The van der Waals surface area contributed by atoms with Gasteiger partial charge in [0.2, 0.25) is 0 Å². The van der Waals surface area contributed by atoms with Gasteiger partial charge in [-0.05, 0) is 31.9 Å². The smallest absolute Gasteiger partial charge is 0.698 e. The van der Waals surface area contributed by atoms with Crippen molar-refractivity contribution < 1.29 is 23.4 Å². The second kappa shape index (κ2) is 14.9. The summed E-state index contributed by atoms with van der Waals surface area (Å²) >= 11 is 0. The fourth-order valence-electron chi connectivity index (χ4n) is 2.36. The Hall–Kier alpha value is -1.45. The Labute approximate surface area is 167 Å². The molecule has 0 heterocycles. The Bertz CT molecular complexity index is 541. The molecule has 1 aromatic carbocycles. The predicted octanol–water partition coefficient (Wildman–Crippen LogP) is 6.59. The molecule has 0 aromatic heterocycles. The Kier molecular flexibility index (Phi) is 16.9. The molecule has 0 aliphatic rings. The second-order valence-corrected chi connectivity index (χ2v) is 5.72. The molecule has 4 heteroatoms. The zero-order chi connectivity index (χ0) is 18.0. The first-order valence-electron chi connectivity index (χ1n) is 8.18. The fraction of sp³-hybridized carbons (Fsp3) is 0.429. The summed E-state index contributed by atoms with van der Waals surface area (Å²) in [4.78, 5) is 13.1. The van der Waals surface area contributed by atoms with Crippen molar-refractivity contribution in [1.29, 1.82) is 0 Å². The van der Waals surface area contributed by atoms with E-state index in [4.69, 9.17) is 5.73 Å². The quantitative estimate of drug-likeness (QED) is 0.395. The zero-order valence-corrected chi connectivity index (χ0v) is 18.1. The summed E-state index contributed by atoms with van der Waals surface area (Å²) in [6.45, 7) is 15.6. The van der Waals surface area contributed by atoms with Gasteiger partial charge in [-0.1, -0.05) is 64.1 Å². The number of carbonyl (C=O) groups is 1. The molecule has 1 atom stereocenters. The van der Waals surface area contributed by atoms with Crippen LogP contribution in [0.2, 0.25) is 0 Å². The molecule has 0 amide bonds. The van der Waals surface area contributed by atoms with Crippen LogP contribution in [-0.2, 0) is 25.0 Å². The van der Waals surface area contributed by atoms with Crippen molar-refractivity contribution in [2.45, 2.75) is 47.0 Å². The van der Waals surface area contributed by atoms with Crippen molar-refractivity contribution in [3.05, 3.63) is 67.5 Å². The maximum Gasteiger partial charge on any atom is 2.00 e. The molecule has 1 aromatic rings. The largest absolute Gasteiger partial charge is 2.00 e. The molecule has 139 valence electrons. The molecule has 1 radical (unpaired) electrons. The van der Waals surface area contributed by atoms with Crippen molar-refractivity contribution in [2.75, 3.05) is 7.05 Å². The summed E-state index contributed by atoms with van der Waals surface area (Å²) in [5, 5.41) is 0. The van der Waals surface area contributed by atoms with Crippen LogP contribution in [-0.4, -0.2) is 17.7 Å². The van der Waals surface area contributed by atoms with Gasteiger partial charge >= 0.3 is 18.6 Å². The van der Waals surface area contributed by atoms with E-state index < -0.39 is 0 Å². The maximum absolute atomic E-state index is 11.1. The first kappa shape index (κ1) is 28.4. The Morgan fingerprint density at radius 1 is 1.36 bits per heavy atom. The minimum Gasteiger partial charge on any atom is -0.698 e. The fourth-order valence-corrected chi connectivity index (χ4v) is 2.36. The van der Waals surface area contributed by atoms with E-state index in [1.807, 2.05) is 18.9 Å².